The maximum absolute atomic E-state index is 9.58. The lowest BCUT2D eigenvalue weighted by atomic mass is 10.8. The molecule has 10 heavy (non-hydrogen) atoms. The van der Waals surface area contributed by atoms with Gasteiger partial charge in [0, 0.05) is 6.92 Å². The van der Waals surface area contributed by atoms with E-state index in [0.29, 0.717) is 0 Å². The van der Waals surface area contributed by atoms with Crippen LogP contribution < -0.4 is 17.0 Å². The molecule has 0 aromatic rings. The average Bonchev–Trinajstić information content (AvgIpc) is 1.89. The fourth-order valence-electron chi connectivity index (χ4n) is 0. The number of rotatable bonds is 1. The molecule has 6 nitrogen and oxygen atoms in total. The molecule has 0 aliphatic rings. The number of hydrogen-bond donors (Lipinski definition) is 3. The van der Waals surface area contributed by atoms with Crippen LogP contribution in [0.5, 0.6) is 0 Å². The molecule has 0 radical (unpaired) electrons. The van der Waals surface area contributed by atoms with Crippen molar-refractivity contribution in [2.45, 2.75) is 6.92 Å². The molecule has 58 valence electrons. The minimum atomic E-state index is -0.926. The molecule has 0 bridgehead atoms. The lowest BCUT2D eigenvalue weighted by molar-refractivity contribution is -0.129. The van der Waals surface area contributed by atoms with Gasteiger partial charge in [-0.3, -0.25) is 19.8 Å². The molecule has 0 heterocycles. The van der Waals surface area contributed by atoms with E-state index < -0.39 is 5.91 Å². The van der Waals surface area contributed by atoms with E-state index in [1.54, 1.807) is 0 Å². The molecule has 0 aromatic heterocycles. The number of hydrazine groups is 1. The first-order valence-electron chi connectivity index (χ1n) is 2.26. The molecule has 0 rings (SSSR count). The van der Waals surface area contributed by atoms with E-state index in [2.05, 4.69) is 11.6 Å². The van der Waals surface area contributed by atoms with E-state index in [-0.39, 0.29) is 12.2 Å². The summed E-state index contributed by atoms with van der Waals surface area (Å²) >= 11 is 0. The van der Waals surface area contributed by atoms with Crippen molar-refractivity contribution in [3.63, 3.8) is 0 Å². The van der Waals surface area contributed by atoms with Crippen LogP contribution in [0.15, 0.2) is 0 Å². The Balaban J connectivity index is 0. The van der Waals surface area contributed by atoms with Gasteiger partial charge in [-0.25, -0.2) is 5.84 Å². The Bertz CT molecular complexity index is 134. The van der Waals surface area contributed by atoms with Crippen molar-refractivity contribution in [1.29, 1.82) is 0 Å². The summed E-state index contributed by atoms with van der Waals surface area (Å²) in [6.45, 7) is 1.35. The molecule has 0 saturated heterocycles. The first-order valence-corrected chi connectivity index (χ1v) is 2.26. The second-order valence-electron chi connectivity index (χ2n) is 1.22. The maximum atomic E-state index is 9.58. The van der Waals surface area contributed by atoms with E-state index in [0.717, 1.165) is 0 Å². The first kappa shape index (κ1) is 11.4. The zero-order valence-corrected chi connectivity index (χ0v) is 5.46. The molecule has 0 unspecified atom stereocenters. The zero-order valence-electron chi connectivity index (χ0n) is 5.46. The summed E-state index contributed by atoms with van der Waals surface area (Å²) in [6.07, 6.45) is 0.0556. The van der Waals surface area contributed by atoms with E-state index in [4.69, 9.17) is 4.79 Å². The molecule has 0 aromatic carbocycles. The summed E-state index contributed by atoms with van der Waals surface area (Å²) in [5.74, 6) is 3.43. The molecule has 0 fully saturated rings. The van der Waals surface area contributed by atoms with Gasteiger partial charge in [0.1, 0.15) is 0 Å². The maximum Gasteiger partial charge on any atom is 0.281 e. The van der Waals surface area contributed by atoms with Crippen LogP contribution in [-0.4, -0.2) is 18.1 Å². The van der Waals surface area contributed by atoms with Crippen LogP contribution in [0.3, 0.4) is 0 Å². The highest BCUT2D eigenvalue weighted by atomic mass is 16.2. The number of aldehydes is 1. The lowest BCUT2D eigenvalue weighted by Crippen LogP contribution is -2.26. The van der Waals surface area contributed by atoms with Gasteiger partial charge in [0.15, 0.2) is 0 Å². The Morgan fingerprint density at radius 2 is 1.70 bits per heavy atom. The van der Waals surface area contributed by atoms with Crippen LogP contribution in [0.25, 0.3) is 0 Å². The monoisotopic (exact) mass is 147 g/mol. The lowest BCUT2D eigenvalue weighted by Gasteiger charge is -1.80. The molecule has 6 heteroatoms. The molecule has 0 saturated carbocycles. The van der Waals surface area contributed by atoms with Gasteiger partial charge >= 0.3 is 0 Å². The van der Waals surface area contributed by atoms with Gasteiger partial charge in [-0.2, -0.15) is 0 Å². The molecular formula is C4H9N3O3. The quantitative estimate of drug-likeness (QED) is 0.127. The average molecular weight is 147 g/mol. The molecule has 0 aliphatic carbocycles. The number of amides is 2. The summed E-state index contributed by atoms with van der Waals surface area (Å²) in [5.41, 5.74) is 6.17. The van der Waals surface area contributed by atoms with E-state index in [1.165, 1.54) is 6.92 Å². The van der Waals surface area contributed by atoms with Crippen LogP contribution in [0.1, 0.15) is 6.92 Å². The Morgan fingerprint density at radius 3 is 1.70 bits per heavy atom. The van der Waals surface area contributed by atoms with Crippen LogP contribution in [-0.2, 0) is 14.4 Å². The highest BCUT2D eigenvalue weighted by Crippen LogP contribution is 1.41. The van der Waals surface area contributed by atoms with Crippen molar-refractivity contribution in [2.75, 3.05) is 0 Å². The number of nitrogens with two attached hydrogens (primary N) is 2. The van der Waals surface area contributed by atoms with Gasteiger partial charge in [-0.05, 0) is 0 Å². The van der Waals surface area contributed by atoms with Crippen molar-refractivity contribution in [3.8, 4) is 0 Å². The third-order valence-corrected chi connectivity index (χ3v) is 0.319. The zero-order chi connectivity index (χ0) is 8.57. The van der Waals surface area contributed by atoms with Crippen molar-refractivity contribution in [2.24, 2.45) is 11.6 Å². The Kier molecular flexibility index (Phi) is 8.61. The fraction of sp³-hybridized carbons (Fsp3) is 0.250. The van der Waals surface area contributed by atoms with Crippen LogP contribution in [0, 0.1) is 0 Å². The highest BCUT2D eigenvalue weighted by molar-refractivity contribution is 6.22. The number of hydrogen-bond acceptors (Lipinski definition) is 4. The second kappa shape index (κ2) is 7.57. The van der Waals surface area contributed by atoms with Crippen molar-refractivity contribution in [3.05, 3.63) is 0 Å². The molecule has 0 atom stereocenters. The summed E-state index contributed by atoms with van der Waals surface area (Å²) < 4.78 is 0. The fourth-order valence-corrected chi connectivity index (χ4v) is 0. The normalized spacial score (nSPS) is 6.60. The topological polar surface area (TPSA) is 115 Å². The third-order valence-electron chi connectivity index (χ3n) is 0.319. The van der Waals surface area contributed by atoms with Crippen molar-refractivity contribution >= 4 is 18.1 Å². The van der Waals surface area contributed by atoms with E-state index >= 15 is 0 Å². The first-order chi connectivity index (χ1) is 4.54. The van der Waals surface area contributed by atoms with E-state index in [1.807, 2.05) is 5.43 Å². The predicted molar refractivity (Wildman–Crippen MR) is 33.3 cm³/mol. The number of nitrogens with one attached hydrogen (secondary N) is 1. The van der Waals surface area contributed by atoms with Crippen LogP contribution in [0.4, 0.5) is 0 Å². The van der Waals surface area contributed by atoms with E-state index in [9.17, 15) is 9.59 Å². The SMILES string of the molecule is CC(=O)NN.NC(=O)C=O. The molecular weight excluding hydrogens is 138 g/mol. The summed E-state index contributed by atoms with van der Waals surface area (Å²) in [5, 5.41) is 0. The van der Waals surface area contributed by atoms with Gasteiger partial charge in [0.2, 0.25) is 12.2 Å². The predicted octanol–water partition coefficient (Wildman–Crippen LogP) is -2.33. The van der Waals surface area contributed by atoms with Crippen LogP contribution >= 0.6 is 0 Å². The van der Waals surface area contributed by atoms with Gasteiger partial charge < -0.3 is 5.73 Å². The second-order valence-corrected chi connectivity index (χ2v) is 1.22. The van der Waals surface area contributed by atoms with Gasteiger partial charge in [-0.1, -0.05) is 0 Å². The molecule has 0 aliphatic heterocycles. The molecule has 2 amide bonds. The summed E-state index contributed by atoms with van der Waals surface area (Å²) in [4.78, 5) is 27.8. The van der Waals surface area contributed by atoms with Gasteiger partial charge in [0.25, 0.3) is 5.91 Å². The largest absolute Gasteiger partial charge is 0.363 e. The van der Waals surface area contributed by atoms with Crippen LogP contribution in [0.2, 0.25) is 0 Å². The molecule has 5 N–H and O–H groups in total. The standard InChI is InChI=1S/C2H6N2O.C2H3NO2/c1-2(5)4-3;3-2(5)1-4/h3H2,1H3,(H,4,5);1H,(H2,3,5). The third kappa shape index (κ3) is 30.9. The molecule has 0 spiro atoms. The van der Waals surface area contributed by atoms with Crippen molar-refractivity contribution in [1.82, 2.24) is 5.43 Å². The van der Waals surface area contributed by atoms with Gasteiger partial charge in [0.05, 0.1) is 0 Å². The Morgan fingerprint density at radius 1 is 1.50 bits per heavy atom. The highest BCUT2D eigenvalue weighted by Gasteiger charge is 1.76. The Labute approximate surface area is 57.5 Å². The van der Waals surface area contributed by atoms with Crippen molar-refractivity contribution < 1.29 is 14.4 Å². The van der Waals surface area contributed by atoms with Gasteiger partial charge in [-0.15, -0.1) is 0 Å². The summed E-state index contributed by atoms with van der Waals surface area (Å²) in [7, 11) is 0. The Hall–Kier alpha value is -1.43. The minimum absolute atomic E-state index is 0.0556. The minimum Gasteiger partial charge on any atom is -0.363 e. The summed E-state index contributed by atoms with van der Waals surface area (Å²) in [6, 6.07) is 0. The number of carbonyl (C=O) groups excluding carboxylic acids is 3. The number of primary amides is 1. The number of carbonyl (C=O) groups is 3. The smallest absolute Gasteiger partial charge is 0.281 e.